The lowest BCUT2D eigenvalue weighted by Gasteiger charge is -2.11. The molecule has 1 saturated carbocycles. The third kappa shape index (κ3) is 3.04. The summed E-state index contributed by atoms with van der Waals surface area (Å²) >= 11 is 1.91. The summed E-state index contributed by atoms with van der Waals surface area (Å²) in [6.07, 6.45) is 7.16. The first kappa shape index (κ1) is 12.5. The number of carboxylic acid groups (broad SMARTS) is 1. The number of nitrogens with one attached hydrogen (secondary N) is 1. The summed E-state index contributed by atoms with van der Waals surface area (Å²) in [5, 5.41) is 13.1. The van der Waals surface area contributed by atoms with Crippen molar-refractivity contribution in [1.82, 2.24) is 5.32 Å². The van der Waals surface area contributed by atoms with Crippen molar-refractivity contribution < 1.29 is 14.3 Å². The van der Waals surface area contributed by atoms with E-state index in [0.717, 1.165) is 10.8 Å². The Morgan fingerprint density at radius 1 is 1.65 bits per heavy atom. The molecule has 1 aromatic heterocycles. The Bertz CT molecular complexity index is 391. The summed E-state index contributed by atoms with van der Waals surface area (Å²) in [5.41, 5.74) is 0.727. The van der Waals surface area contributed by atoms with Crippen LogP contribution in [0.15, 0.2) is 16.7 Å². The topological polar surface area (TPSA) is 62.5 Å². The highest BCUT2D eigenvalue weighted by Gasteiger charge is 2.24. The van der Waals surface area contributed by atoms with Gasteiger partial charge in [0.15, 0.2) is 0 Å². The van der Waals surface area contributed by atoms with E-state index in [-0.39, 0.29) is 5.76 Å². The molecule has 0 aromatic carbocycles. The molecule has 1 aromatic rings. The minimum atomic E-state index is -1.000. The van der Waals surface area contributed by atoms with Crippen LogP contribution < -0.4 is 5.32 Å². The van der Waals surface area contributed by atoms with Crippen LogP contribution in [0, 0.1) is 0 Å². The van der Waals surface area contributed by atoms with Crippen molar-refractivity contribution in [3.8, 4) is 0 Å². The van der Waals surface area contributed by atoms with E-state index in [1.165, 1.54) is 25.5 Å². The number of carboxylic acids is 1. The molecular formula is C12H17NO3S. The SMILES string of the molecule is CSC1CCC(NCc2ccoc2C(=O)O)C1. The van der Waals surface area contributed by atoms with Gasteiger partial charge in [0, 0.05) is 23.4 Å². The molecule has 0 amide bonds. The summed E-state index contributed by atoms with van der Waals surface area (Å²) in [6.45, 7) is 0.573. The second-order valence-electron chi connectivity index (χ2n) is 4.33. The molecule has 94 valence electrons. The molecule has 0 bridgehead atoms. The highest BCUT2D eigenvalue weighted by atomic mass is 32.2. The van der Waals surface area contributed by atoms with Gasteiger partial charge >= 0.3 is 5.97 Å². The van der Waals surface area contributed by atoms with E-state index in [2.05, 4.69) is 11.6 Å². The first-order valence-electron chi connectivity index (χ1n) is 5.76. The standard InChI is InChI=1S/C12H17NO3S/c1-17-10-3-2-9(6-10)13-7-8-4-5-16-11(8)12(14)15/h4-5,9-10,13H,2-3,6-7H2,1H3,(H,14,15). The normalized spacial score (nSPS) is 24.1. The lowest BCUT2D eigenvalue weighted by atomic mass is 10.2. The molecule has 5 heteroatoms. The predicted octanol–water partition coefficient (Wildman–Crippen LogP) is 2.35. The van der Waals surface area contributed by atoms with E-state index >= 15 is 0 Å². The number of hydrogen-bond acceptors (Lipinski definition) is 4. The average molecular weight is 255 g/mol. The van der Waals surface area contributed by atoms with Crippen molar-refractivity contribution in [3.63, 3.8) is 0 Å². The Balaban J connectivity index is 1.86. The molecule has 1 heterocycles. The third-order valence-electron chi connectivity index (χ3n) is 3.24. The number of furan rings is 1. The fraction of sp³-hybridized carbons (Fsp3) is 0.583. The Morgan fingerprint density at radius 3 is 3.12 bits per heavy atom. The maximum atomic E-state index is 10.9. The molecule has 0 saturated heterocycles. The van der Waals surface area contributed by atoms with Gasteiger partial charge in [-0.1, -0.05) is 0 Å². The third-order valence-corrected chi connectivity index (χ3v) is 4.33. The van der Waals surface area contributed by atoms with Crippen LogP contribution in [-0.4, -0.2) is 28.6 Å². The van der Waals surface area contributed by atoms with E-state index in [9.17, 15) is 4.79 Å². The largest absolute Gasteiger partial charge is 0.475 e. The van der Waals surface area contributed by atoms with E-state index in [4.69, 9.17) is 9.52 Å². The Kier molecular flexibility index (Phi) is 4.12. The second-order valence-corrected chi connectivity index (χ2v) is 5.47. The lowest BCUT2D eigenvalue weighted by molar-refractivity contribution is 0.0660. The summed E-state index contributed by atoms with van der Waals surface area (Å²) in [5.74, 6) is -0.947. The number of rotatable bonds is 5. The molecular weight excluding hydrogens is 238 g/mol. The number of hydrogen-bond donors (Lipinski definition) is 2. The molecule has 2 atom stereocenters. The maximum Gasteiger partial charge on any atom is 0.372 e. The summed E-state index contributed by atoms with van der Waals surface area (Å²) in [6, 6.07) is 2.22. The lowest BCUT2D eigenvalue weighted by Crippen LogP contribution is -2.26. The number of carbonyl (C=O) groups is 1. The predicted molar refractivity (Wildman–Crippen MR) is 67.4 cm³/mol. The quantitative estimate of drug-likeness (QED) is 0.845. The van der Waals surface area contributed by atoms with Crippen molar-refractivity contribution >= 4 is 17.7 Å². The molecule has 1 aliphatic rings. The summed E-state index contributed by atoms with van der Waals surface area (Å²) in [7, 11) is 0. The maximum absolute atomic E-state index is 10.9. The molecule has 2 rings (SSSR count). The monoisotopic (exact) mass is 255 g/mol. The zero-order valence-corrected chi connectivity index (χ0v) is 10.6. The second kappa shape index (κ2) is 5.60. The van der Waals surface area contributed by atoms with Crippen LogP contribution in [0.5, 0.6) is 0 Å². The summed E-state index contributed by atoms with van der Waals surface area (Å²) in [4.78, 5) is 10.9. The highest BCUT2D eigenvalue weighted by molar-refractivity contribution is 7.99. The summed E-state index contributed by atoms with van der Waals surface area (Å²) < 4.78 is 4.94. The molecule has 1 fully saturated rings. The zero-order valence-electron chi connectivity index (χ0n) is 9.81. The number of aromatic carboxylic acids is 1. The van der Waals surface area contributed by atoms with Gasteiger partial charge in [-0.05, 0) is 31.6 Å². The molecule has 1 aliphatic carbocycles. The molecule has 0 spiro atoms. The molecule has 17 heavy (non-hydrogen) atoms. The van der Waals surface area contributed by atoms with Crippen LogP contribution in [0.2, 0.25) is 0 Å². The fourth-order valence-corrected chi connectivity index (χ4v) is 3.05. The van der Waals surface area contributed by atoms with Crippen molar-refractivity contribution in [2.45, 2.75) is 37.1 Å². The van der Waals surface area contributed by atoms with Gasteiger partial charge in [0.25, 0.3) is 0 Å². The average Bonchev–Trinajstić information content (AvgIpc) is 2.95. The smallest absolute Gasteiger partial charge is 0.372 e. The molecule has 4 nitrogen and oxygen atoms in total. The van der Waals surface area contributed by atoms with E-state index in [1.807, 2.05) is 11.8 Å². The van der Waals surface area contributed by atoms with Crippen molar-refractivity contribution in [3.05, 3.63) is 23.7 Å². The van der Waals surface area contributed by atoms with Crippen LogP contribution in [0.25, 0.3) is 0 Å². The van der Waals surface area contributed by atoms with Crippen molar-refractivity contribution in [1.29, 1.82) is 0 Å². The van der Waals surface area contributed by atoms with Crippen LogP contribution >= 0.6 is 11.8 Å². The van der Waals surface area contributed by atoms with Gasteiger partial charge < -0.3 is 14.8 Å². The van der Waals surface area contributed by atoms with Gasteiger partial charge in [0.1, 0.15) is 0 Å². The number of thioether (sulfide) groups is 1. The van der Waals surface area contributed by atoms with Gasteiger partial charge in [-0.2, -0.15) is 11.8 Å². The van der Waals surface area contributed by atoms with Crippen LogP contribution in [0.4, 0.5) is 0 Å². The first-order valence-corrected chi connectivity index (χ1v) is 7.05. The van der Waals surface area contributed by atoms with Crippen LogP contribution in [-0.2, 0) is 6.54 Å². The minimum absolute atomic E-state index is 0.0527. The van der Waals surface area contributed by atoms with Crippen molar-refractivity contribution in [2.75, 3.05) is 6.26 Å². The van der Waals surface area contributed by atoms with Gasteiger partial charge in [0.2, 0.25) is 5.76 Å². The Hall–Kier alpha value is -0.940. The van der Waals surface area contributed by atoms with E-state index in [0.29, 0.717) is 12.6 Å². The molecule has 0 radical (unpaired) electrons. The van der Waals surface area contributed by atoms with Crippen LogP contribution in [0.1, 0.15) is 35.4 Å². The van der Waals surface area contributed by atoms with Gasteiger partial charge in [-0.3, -0.25) is 0 Å². The zero-order chi connectivity index (χ0) is 12.3. The highest BCUT2D eigenvalue weighted by Crippen LogP contribution is 2.28. The van der Waals surface area contributed by atoms with E-state index in [1.54, 1.807) is 6.07 Å². The Labute approximate surface area is 105 Å². The van der Waals surface area contributed by atoms with Crippen LogP contribution in [0.3, 0.4) is 0 Å². The molecule has 0 aliphatic heterocycles. The van der Waals surface area contributed by atoms with Gasteiger partial charge in [-0.25, -0.2) is 4.79 Å². The van der Waals surface area contributed by atoms with Crippen molar-refractivity contribution in [2.24, 2.45) is 0 Å². The van der Waals surface area contributed by atoms with Gasteiger partial charge in [-0.15, -0.1) is 0 Å². The molecule has 2 N–H and O–H groups in total. The molecule has 2 unspecified atom stereocenters. The minimum Gasteiger partial charge on any atom is -0.475 e. The fourth-order valence-electron chi connectivity index (χ4n) is 2.26. The first-order chi connectivity index (χ1) is 8.20. The van der Waals surface area contributed by atoms with E-state index < -0.39 is 5.97 Å². The Morgan fingerprint density at radius 2 is 2.47 bits per heavy atom. The van der Waals surface area contributed by atoms with Gasteiger partial charge in [0.05, 0.1) is 6.26 Å².